The van der Waals surface area contributed by atoms with Crippen LogP contribution in [0.4, 0.5) is 0 Å². The molecule has 1 atom stereocenters. The van der Waals surface area contributed by atoms with Gasteiger partial charge in [0.05, 0.1) is 13.2 Å². The minimum Gasteiger partial charge on any atom is -0.481 e. The van der Waals surface area contributed by atoms with Crippen LogP contribution in [0.25, 0.3) is 0 Å². The molecule has 0 spiro atoms. The Balaban J connectivity index is 3.64. The number of hydrogen-bond acceptors (Lipinski definition) is 6. The van der Waals surface area contributed by atoms with Gasteiger partial charge < -0.3 is 30.3 Å². The van der Waals surface area contributed by atoms with Gasteiger partial charge in [0.1, 0.15) is 6.04 Å². The SMILES string of the molecule is CCOCCOCCCNC(=O)CC[C@H](NC(=O)CCCCCCCCCCCCCCCCC(=O)O)C(=O)O. The quantitative estimate of drug-likeness (QED) is 0.0855. The van der Waals surface area contributed by atoms with Crippen LogP contribution in [0.15, 0.2) is 0 Å². The third-order valence-electron chi connectivity index (χ3n) is 6.70. The summed E-state index contributed by atoms with van der Waals surface area (Å²) in [5.41, 5.74) is 0. The lowest BCUT2D eigenvalue weighted by molar-refractivity contribution is -0.142. The van der Waals surface area contributed by atoms with Crippen LogP contribution < -0.4 is 10.6 Å². The van der Waals surface area contributed by atoms with Gasteiger partial charge in [0.2, 0.25) is 11.8 Å². The highest BCUT2D eigenvalue weighted by molar-refractivity contribution is 5.84. The second-order valence-electron chi connectivity index (χ2n) is 10.4. The van der Waals surface area contributed by atoms with Crippen LogP contribution in [0.3, 0.4) is 0 Å². The number of carbonyl (C=O) groups excluding carboxylic acids is 2. The van der Waals surface area contributed by atoms with E-state index < -0.39 is 18.0 Å². The van der Waals surface area contributed by atoms with E-state index in [0.29, 0.717) is 45.8 Å². The predicted octanol–water partition coefficient (Wildman–Crippen LogP) is 5.22. The Labute approximate surface area is 241 Å². The van der Waals surface area contributed by atoms with Crippen molar-refractivity contribution in [3.8, 4) is 0 Å². The molecule has 234 valence electrons. The molecule has 0 aromatic rings. The maximum absolute atomic E-state index is 12.2. The van der Waals surface area contributed by atoms with Crippen molar-refractivity contribution in [1.29, 1.82) is 0 Å². The van der Waals surface area contributed by atoms with E-state index in [4.69, 9.17) is 14.6 Å². The van der Waals surface area contributed by atoms with E-state index in [1.807, 2.05) is 6.92 Å². The molecule has 10 heteroatoms. The number of carboxylic acid groups (broad SMARTS) is 2. The molecular weight excluding hydrogens is 516 g/mol. The fourth-order valence-electron chi connectivity index (χ4n) is 4.34. The third-order valence-corrected chi connectivity index (χ3v) is 6.70. The fourth-order valence-corrected chi connectivity index (χ4v) is 4.34. The van der Waals surface area contributed by atoms with Crippen LogP contribution >= 0.6 is 0 Å². The van der Waals surface area contributed by atoms with Crippen molar-refractivity contribution in [2.24, 2.45) is 0 Å². The Kier molecular flexibility index (Phi) is 26.8. The smallest absolute Gasteiger partial charge is 0.326 e. The number of unbranched alkanes of at least 4 members (excludes halogenated alkanes) is 13. The summed E-state index contributed by atoms with van der Waals surface area (Å²) >= 11 is 0. The second kappa shape index (κ2) is 28.3. The van der Waals surface area contributed by atoms with Gasteiger partial charge in [-0.25, -0.2) is 4.79 Å². The van der Waals surface area contributed by atoms with E-state index in [9.17, 15) is 24.3 Å². The molecule has 0 saturated carbocycles. The first-order chi connectivity index (χ1) is 19.4. The average Bonchev–Trinajstić information content (AvgIpc) is 2.91. The summed E-state index contributed by atoms with van der Waals surface area (Å²) in [7, 11) is 0. The molecule has 0 radical (unpaired) electrons. The molecule has 0 aliphatic heterocycles. The van der Waals surface area contributed by atoms with Crippen LogP contribution in [0, 0.1) is 0 Å². The summed E-state index contributed by atoms with van der Waals surface area (Å²) in [6, 6.07) is -1.06. The van der Waals surface area contributed by atoms with Gasteiger partial charge in [-0.3, -0.25) is 14.4 Å². The molecule has 0 aliphatic rings. The number of ether oxygens (including phenoxy) is 2. The first-order valence-corrected chi connectivity index (χ1v) is 15.5. The number of rotatable bonds is 30. The van der Waals surface area contributed by atoms with Crippen LogP contribution in [0.5, 0.6) is 0 Å². The fraction of sp³-hybridized carbons (Fsp3) is 0.867. The first kappa shape index (κ1) is 37.8. The molecule has 0 heterocycles. The summed E-state index contributed by atoms with van der Waals surface area (Å²) in [6.45, 7) is 4.61. The summed E-state index contributed by atoms with van der Waals surface area (Å²) in [4.78, 5) is 46.1. The molecular formula is C30H56N2O8. The highest BCUT2D eigenvalue weighted by Crippen LogP contribution is 2.14. The zero-order valence-corrected chi connectivity index (χ0v) is 24.9. The zero-order chi connectivity index (χ0) is 29.7. The standard InChI is InChI=1S/C30H56N2O8/c1-2-39-24-25-40-23-17-22-31-27(33)21-20-26(30(37)38)32-28(34)18-15-13-11-9-7-5-3-4-6-8-10-12-14-16-19-29(35)36/h26H,2-25H2,1H3,(H,31,33)(H,32,34)(H,35,36)(H,37,38)/t26-/m0/s1. The van der Waals surface area contributed by atoms with Gasteiger partial charge in [-0.2, -0.15) is 0 Å². The molecule has 40 heavy (non-hydrogen) atoms. The number of aliphatic carboxylic acids is 2. The Morgan fingerprint density at radius 3 is 1.60 bits per heavy atom. The molecule has 0 fully saturated rings. The lowest BCUT2D eigenvalue weighted by Gasteiger charge is -2.14. The van der Waals surface area contributed by atoms with Gasteiger partial charge >= 0.3 is 11.9 Å². The van der Waals surface area contributed by atoms with Crippen molar-refractivity contribution in [2.75, 3.05) is 33.0 Å². The normalized spacial score (nSPS) is 11.7. The summed E-state index contributed by atoms with van der Waals surface area (Å²) in [6.07, 6.45) is 16.8. The van der Waals surface area contributed by atoms with Gasteiger partial charge in [0, 0.05) is 39.0 Å². The Hall–Kier alpha value is -2.20. The molecule has 10 nitrogen and oxygen atoms in total. The predicted molar refractivity (Wildman–Crippen MR) is 155 cm³/mol. The van der Waals surface area contributed by atoms with Crippen molar-refractivity contribution in [1.82, 2.24) is 10.6 Å². The largest absolute Gasteiger partial charge is 0.481 e. The Morgan fingerprint density at radius 2 is 1.10 bits per heavy atom. The van der Waals surface area contributed by atoms with E-state index in [0.717, 1.165) is 44.9 Å². The van der Waals surface area contributed by atoms with Crippen molar-refractivity contribution in [2.45, 2.75) is 135 Å². The molecule has 0 aromatic heterocycles. The zero-order valence-electron chi connectivity index (χ0n) is 24.9. The van der Waals surface area contributed by atoms with Gasteiger partial charge in [0.25, 0.3) is 0 Å². The maximum Gasteiger partial charge on any atom is 0.326 e. The lowest BCUT2D eigenvalue weighted by Crippen LogP contribution is -2.41. The highest BCUT2D eigenvalue weighted by Gasteiger charge is 2.20. The van der Waals surface area contributed by atoms with E-state index in [1.54, 1.807) is 0 Å². The molecule has 0 rings (SSSR count). The van der Waals surface area contributed by atoms with Crippen LogP contribution in [-0.4, -0.2) is 73.0 Å². The van der Waals surface area contributed by atoms with Crippen LogP contribution in [-0.2, 0) is 28.7 Å². The number of amides is 2. The minimum atomic E-state index is -1.13. The summed E-state index contributed by atoms with van der Waals surface area (Å²) < 4.78 is 10.5. The monoisotopic (exact) mass is 572 g/mol. The van der Waals surface area contributed by atoms with E-state index >= 15 is 0 Å². The molecule has 0 aliphatic carbocycles. The van der Waals surface area contributed by atoms with E-state index in [2.05, 4.69) is 10.6 Å². The topological polar surface area (TPSA) is 151 Å². The van der Waals surface area contributed by atoms with Crippen LogP contribution in [0.2, 0.25) is 0 Å². The van der Waals surface area contributed by atoms with Crippen LogP contribution in [0.1, 0.15) is 129 Å². The molecule has 4 N–H and O–H groups in total. The van der Waals surface area contributed by atoms with Crippen molar-refractivity contribution < 1.29 is 38.9 Å². The number of nitrogens with one attached hydrogen (secondary N) is 2. The van der Waals surface area contributed by atoms with E-state index in [-0.39, 0.29) is 31.1 Å². The number of carboxylic acids is 2. The van der Waals surface area contributed by atoms with E-state index in [1.165, 1.54) is 44.9 Å². The lowest BCUT2D eigenvalue weighted by atomic mass is 10.0. The molecule has 2 amide bonds. The average molecular weight is 573 g/mol. The highest BCUT2D eigenvalue weighted by atomic mass is 16.5. The summed E-state index contributed by atoms with van der Waals surface area (Å²) in [5.74, 6) is -2.34. The molecule has 0 saturated heterocycles. The van der Waals surface area contributed by atoms with Crippen molar-refractivity contribution in [3.05, 3.63) is 0 Å². The van der Waals surface area contributed by atoms with Crippen molar-refractivity contribution in [3.63, 3.8) is 0 Å². The van der Waals surface area contributed by atoms with Gasteiger partial charge in [-0.05, 0) is 32.6 Å². The molecule has 0 bridgehead atoms. The molecule has 0 unspecified atom stereocenters. The number of carbonyl (C=O) groups is 4. The first-order valence-electron chi connectivity index (χ1n) is 15.5. The van der Waals surface area contributed by atoms with Crippen molar-refractivity contribution >= 4 is 23.8 Å². The summed E-state index contributed by atoms with van der Waals surface area (Å²) in [5, 5.41) is 23.3. The van der Waals surface area contributed by atoms with Gasteiger partial charge in [-0.1, -0.05) is 77.0 Å². The van der Waals surface area contributed by atoms with Gasteiger partial charge in [-0.15, -0.1) is 0 Å². The number of hydrogen-bond donors (Lipinski definition) is 4. The maximum atomic E-state index is 12.2. The Morgan fingerprint density at radius 1 is 0.600 bits per heavy atom. The second-order valence-corrected chi connectivity index (χ2v) is 10.4. The Bertz CT molecular complexity index is 660. The minimum absolute atomic E-state index is 0.0387. The molecule has 0 aromatic carbocycles. The van der Waals surface area contributed by atoms with Gasteiger partial charge in [0.15, 0.2) is 0 Å². The third kappa shape index (κ3) is 27.4.